The van der Waals surface area contributed by atoms with Gasteiger partial charge >= 0.3 is 5.97 Å². The zero-order valence-corrected chi connectivity index (χ0v) is 13.5. The Balaban J connectivity index is 2.19. The molecule has 0 atom stereocenters. The second kappa shape index (κ2) is 6.83. The number of anilines is 1. The fraction of sp³-hybridized carbons (Fsp3) is 0.133. The van der Waals surface area contributed by atoms with E-state index in [9.17, 15) is 9.90 Å². The predicted octanol–water partition coefficient (Wildman–Crippen LogP) is 4.21. The highest BCUT2D eigenvalue weighted by Gasteiger charge is 2.10. The molecule has 6 heteroatoms. The van der Waals surface area contributed by atoms with Crippen LogP contribution in [0.5, 0.6) is 5.75 Å². The van der Waals surface area contributed by atoms with Crippen molar-refractivity contribution in [1.82, 2.24) is 0 Å². The normalized spacial score (nSPS) is 10.2. The number of phenolic OH excluding ortho intramolecular Hbond substituents is 1. The van der Waals surface area contributed by atoms with Crippen LogP contribution in [-0.4, -0.2) is 18.2 Å². The van der Waals surface area contributed by atoms with Crippen LogP contribution in [0.3, 0.4) is 0 Å². The number of hydrogen-bond acceptors (Lipinski definition) is 4. The van der Waals surface area contributed by atoms with E-state index in [1.165, 1.54) is 7.11 Å². The van der Waals surface area contributed by atoms with Gasteiger partial charge in [-0.1, -0.05) is 23.7 Å². The van der Waals surface area contributed by atoms with E-state index in [4.69, 9.17) is 11.6 Å². The zero-order valence-electron chi connectivity index (χ0n) is 11.2. The number of rotatable bonds is 4. The summed E-state index contributed by atoms with van der Waals surface area (Å²) in [7, 11) is 1.32. The molecule has 0 aromatic heterocycles. The van der Waals surface area contributed by atoms with Crippen LogP contribution in [0.4, 0.5) is 5.69 Å². The van der Waals surface area contributed by atoms with E-state index in [1.54, 1.807) is 30.3 Å². The van der Waals surface area contributed by atoms with Gasteiger partial charge in [0.2, 0.25) is 0 Å². The van der Waals surface area contributed by atoms with Gasteiger partial charge in [-0.2, -0.15) is 0 Å². The highest BCUT2D eigenvalue weighted by molar-refractivity contribution is 9.10. The Hall–Kier alpha value is -1.72. The summed E-state index contributed by atoms with van der Waals surface area (Å²) in [5, 5.41) is 13.5. The van der Waals surface area contributed by atoms with E-state index in [1.807, 2.05) is 6.07 Å². The van der Waals surface area contributed by atoms with Crippen LogP contribution in [-0.2, 0) is 11.3 Å². The van der Waals surface area contributed by atoms with E-state index >= 15 is 0 Å². The number of methoxy groups -OCH3 is 1. The summed E-state index contributed by atoms with van der Waals surface area (Å²) >= 11 is 9.36. The molecule has 0 aliphatic carbocycles. The van der Waals surface area contributed by atoms with Gasteiger partial charge in [0.05, 0.1) is 27.9 Å². The quantitative estimate of drug-likeness (QED) is 0.792. The zero-order chi connectivity index (χ0) is 15.4. The molecule has 0 amide bonds. The van der Waals surface area contributed by atoms with E-state index in [0.29, 0.717) is 32.9 Å². The Morgan fingerprint density at radius 2 is 2.14 bits per heavy atom. The van der Waals surface area contributed by atoms with Gasteiger partial charge in [0.15, 0.2) is 0 Å². The smallest absolute Gasteiger partial charge is 0.337 e. The second-order valence-corrected chi connectivity index (χ2v) is 5.55. The van der Waals surface area contributed by atoms with Crippen molar-refractivity contribution in [2.45, 2.75) is 6.54 Å². The number of carbonyl (C=O) groups excluding carboxylic acids is 1. The van der Waals surface area contributed by atoms with E-state index in [2.05, 4.69) is 26.0 Å². The number of benzene rings is 2. The summed E-state index contributed by atoms with van der Waals surface area (Å²) in [6.45, 7) is 0.371. The van der Waals surface area contributed by atoms with Crippen molar-refractivity contribution in [1.29, 1.82) is 0 Å². The monoisotopic (exact) mass is 369 g/mol. The summed E-state index contributed by atoms with van der Waals surface area (Å²) in [4.78, 5) is 11.5. The maximum absolute atomic E-state index is 11.5. The first-order valence-electron chi connectivity index (χ1n) is 6.11. The first kappa shape index (κ1) is 15.7. The third kappa shape index (κ3) is 3.68. The minimum Gasteiger partial charge on any atom is -0.506 e. The fourth-order valence-corrected chi connectivity index (χ4v) is 2.39. The maximum atomic E-state index is 11.5. The Bertz CT molecular complexity index is 676. The van der Waals surface area contributed by atoms with Crippen LogP contribution >= 0.6 is 27.5 Å². The average Bonchev–Trinajstić information content (AvgIpc) is 2.49. The highest BCUT2D eigenvalue weighted by Crippen LogP contribution is 2.29. The van der Waals surface area contributed by atoms with Gasteiger partial charge in [-0.05, 0) is 40.2 Å². The van der Waals surface area contributed by atoms with Gasteiger partial charge in [-0.25, -0.2) is 4.79 Å². The summed E-state index contributed by atoms with van der Waals surface area (Å²) < 4.78 is 5.29. The van der Waals surface area contributed by atoms with Gasteiger partial charge in [-0.15, -0.1) is 0 Å². The van der Waals surface area contributed by atoms with E-state index in [-0.39, 0.29) is 5.75 Å². The lowest BCUT2D eigenvalue weighted by Gasteiger charge is -2.11. The standard InChI is InChI=1S/C15H13BrClNO3/c1-21-15(20)9-5-6-12(17)13(7-9)18-8-10-3-2-4-11(16)14(10)19/h2-7,18-19H,8H2,1H3. The molecule has 110 valence electrons. The highest BCUT2D eigenvalue weighted by atomic mass is 79.9. The molecule has 0 heterocycles. The summed E-state index contributed by atoms with van der Waals surface area (Å²) in [6, 6.07) is 10.2. The molecule has 0 aliphatic heterocycles. The van der Waals surface area contributed by atoms with Crippen molar-refractivity contribution in [2.75, 3.05) is 12.4 Å². The molecule has 4 nitrogen and oxygen atoms in total. The van der Waals surface area contributed by atoms with Crippen LogP contribution in [0.1, 0.15) is 15.9 Å². The van der Waals surface area contributed by atoms with Crippen molar-refractivity contribution >= 4 is 39.2 Å². The Morgan fingerprint density at radius 3 is 2.86 bits per heavy atom. The number of aromatic hydroxyl groups is 1. The molecule has 0 saturated heterocycles. The Kier molecular flexibility index (Phi) is 5.09. The number of para-hydroxylation sites is 1. The van der Waals surface area contributed by atoms with Crippen molar-refractivity contribution in [3.8, 4) is 5.75 Å². The summed E-state index contributed by atoms with van der Waals surface area (Å²) in [5.41, 5.74) is 1.71. The average molecular weight is 371 g/mol. The molecule has 0 spiro atoms. The third-order valence-corrected chi connectivity index (χ3v) is 3.90. The van der Waals surface area contributed by atoms with Crippen molar-refractivity contribution < 1.29 is 14.6 Å². The van der Waals surface area contributed by atoms with Crippen LogP contribution in [0.2, 0.25) is 5.02 Å². The molecule has 0 radical (unpaired) electrons. The number of esters is 1. The van der Waals surface area contributed by atoms with Crippen LogP contribution in [0.25, 0.3) is 0 Å². The van der Waals surface area contributed by atoms with Gasteiger partial charge < -0.3 is 15.2 Å². The fourth-order valence-electron chi connectivity index (χ4n) is 1.80. The van der Waals surface area contributed by atoms with Crippen LogP contribution in [0, 0.1) is 0 Å². The van der Waals surface area contributed by atoms with Crippen LogP contribution < -0.4 is 5.32 Å². The van der Waals surface area contributed by atoms with Gasteiger partial charge in [0, 0.05) is 12.1 Å². The van der Waals surface area contributed by atoms with E-state index < -0.39 is 5.97 Å². The number of halogens is 2. The van der Waals surface area contributed by atoms with E-state index in [0.717, 1.165) is 0 Å². The summed E-state index contributed by atoms with van der Waals surface area (Å²) in [5.74, 6) is -0.259. The Labute approximate surface area is 135 Å². The van der Waals surface area contributed by atoms with Crippen molar-refractivity contribution in [3.05, 3.63) is 57.0 Å². The van der Waals surface area contributed by atoms with Gasteiger partial charge in [0.1, 0.15) is 5.75 Å². The molecule has 0 unspecified atom stereocenters. The number of phenols is 1. The second-order valence-electron chi connectivity index (χ2n) is 4.29. The first-order valence-corrected chi connectivity index (χ1v) is 7.28. The molecule has 2 N–H and O–H groups in total. The molecule has 0 fully saturated rings. The number of nitrogens with one attached hydrogen (secondary N) is 1. The SMILES string of the molecule is COC(=O)c1ccc(Cl)c(NCc2cccc(Br)c2O)c1. The lowest BCUT2D eigenvalue weighted by atomic mass is 10.1. The molecule has 2 aromatic rings. The molecule has 0 aliphatic rings. The largest absolute Gasteiger partial charge is 0.506 e. The van der Waals surface area contributed by atoms with Gasteiger partial charge in [0.25, 0.3) is 0 Å². The predicted molar refractivity (Wildman–Crippen MR) is 85.9 cm³/mol. The number of carbonyl (C=O) groups is 1. The topological polar surface area (TPSA) is 58.6 Å². The lowest BCUT2D eigenvalue weighted by Crippen LogP contribution is -2.04. The minimum absolute atomic E-state index is 0.172. The molecular formula is C15H13BrClNO3. The molecular weight excluding hydrogens is 358 g/mol. The molecule has 0 saturated carbocycles. The number of ether oxygens (including phenoxy) is 1. The molecule has 2 aromatic carbocycles. The lowest BCUT2D eigenvalue weighted by molar-refractivity contribution is 0.0601. The first-order chi connectivity index (χ1) is 10.0. The minimum atomic E-state index is -0.431. The number of hydrogen-bond donors (Lipinski definition) is 2. The summed E-state index contributed by atoms with van der Waals surface area (Å²) in [6.07, 6.45) is 0. The van der Waals surface area contributed by atoms with Crippen LogP contribution in [0.15, 0.2) is 40.9 Å². The molecule has 0 bridgehead atoms. The van der Waals surface area contributed by atoms with Crippen molar-refractivity contribution in [3.63, 3.8) is 0 Å². The third-order valence-electron chi connectivity index (χ3n) is 2.93. The maximum Gasteiger partial charge on any atom is 0.337 e. The molecule has 21 heavy (non-hydrogen) atoms. The van der Waals surface area contributed by atoms with Gasteiger partial charge in [-0.3, -0.25) is 0 Å². The van der Waals surface area contributed by atoms with Crippen molar-refractivity contribution in [2.24, 2.45) is 0 Å². The Morgan fingerprint density at radius 1 is 1.38 bits per heavy atom. The molecule has 2 rings (SSSR count).